The normalized spacial score (nSPS) is 16.2. The zero-order chi connectivity index (χ0) is 12.1. The second-order valence-corrected chi connectivity index (χ2v) is 5.19. The highest BCUT2D eigenvalue weighted by atomic mass is 16.4. The minimum atomic E-state index is -1.29. The smallest absolute Gasteiger partial charge is 0.427 e. The predicted molar refractivity (Wildman–Crippen MR) is 60.3 cm³/mol. The monoisotopic (exact) mass is 218 g/mol. The Hall–Kier alpha value is -0.0951. The molecule has 0 aliphatic heterocycles. The van der Waals surface area contributed by atoms with Crippen LogP contribution in [-0.2, 0) is 0 Å². The zero-order valence-corrected chi connectivity index (χ0v) is 9.85. The molecule has 0 aliphatic rings. The summed E-state index contributed by atoms with van der Waals surface area (Å²) >= 11 is 0. The Morgan fingerprint density at radius 1 is 1.20 bits per heavy atom. The first-order valence-electron chi connectivity index (χ1n) is 5.42. The molecule has 0 radical (unpaired) electrons. The number of rotatable bonds is 6. The van der Waals surface area contributed by atoms with Crippen molar-refractivity contribution in [2.75, 3.05) is 6.61 Å². The number of hydrogen-bond donors (Lipinski definition) is 4. The lowest BCUT2D eigenvalue weighted by Gasteiger charge is -2.32. The minimum absolute atomic E-state index is 0.00889. The lowest BCUT2D eigenvalue weighted by Crippen LogP contribution is -2.28. The fourth-order valence-electron chi connectivity index (χ4n) is 1.66. The summed E-state index contributed by atoms with van der Waals surface area (Å²) in [4.78, 5) is 0. The fraction of sp³-hybridized carbons (Fsp3) is 1.00. The van der Waals surface area contributed by atoms with Crippen LogP contribution in [0.5, 0.6) is 0 Å². The highest BCUT2D eigenvalue weighted by Gasteiger charge is 2.27. The van der Waals surface area contributed by atoms with Crippen LogP contribution in [0.2, 0.25) is 6.32 Å². The summed E-state index contributed by atoms with van der Waals surface area (Å²) in [6, 6.07) is 0. The van der Waals surface area contributed by atoms with Gasteiger partial charge in [0.25, 0.3) is 0 Å². The van der Waals surface area contributed by atoms with Crippen LogP contribution in [0.25, 0.3) is 0 Å². The van der Waals surface area contributed by atoms with Crippen LogP contribution in [0.3, 0.4) is 0 Å². The molecule has 0 amide bonds. The summed E-state index contributed by atoms with van der Waals surface area (Å²) < 4.78 is 0. The Morgan fingerprint density at radius 2 is 1.73 bits per heavy atom. The minimum Gasteiger partial charge on any atom is -0.427 e. The van der Waals surface area contributed by atoms with Gasteiger partial charge in [0.15, 0.2) is 0 Å². The maximum atomic E-state index is 9.38. The molecule has 0 saturated heterocycles. The number of aliphatic hydroxyl groups is 2. The second-order valence-electron chi connectivity index (χ2n) is 5.19. The Labute approximate surface area is 92.1 Å². The van der Waals surface area contributed by atoms with Gasteiger partial charge in [-0.2, -0.15) is 0 Å². The molecule has 0 heterocycles. The van der Waals surface area contributed by atoms with E-state index in [1.165, 1.54) is 0 Å². The van der Waals surface area contributed by atoms with Crippen LogP contribution < -0.4 is 0 Å². The van der Waals surface area contributed by atoms with E-state index < -0.39 is 13.2 Å². The van der Waals surface area contributed by atoms with Gasteiger partial charge in [-0.3, -0.25) is 0 Å². The molecule has 15 heavy (non-hydrogen) atoms. The third-order valence-corrected chi connectivity index (χ3v) is 2.77. The lowest BCUT2D eigenvalue weighted by atomic mass is 9.70. The molecule has 0 fully saturated rings. The van der Waals surface area contributed by atoms with Gasteiger partial charge in [0, 0.05) is 0 Å². The van der Waals surface area contributed by atoms with E-state index in [2.05, 4.69) is 0 Å². The van der Waals surface area contributed by atoms with E-state index in [9.17, 15) is 5.11 Å². The molecule has 0 rings (SSSR count). The zero-order valence-electron chi connectivity index (χ0n) is 9.85. The molecule has 2 unspecified atom stereocenters. The van der Waals surface area contributed by atoms with Crippen molar-refractivity contribution in [3.05, 3.63) is 0 Å². The van der Waals surface area contributed by atoms with Gasteiger partial charge in [0.05, 0.1) is 12.7 Å². The highest BCUT2D eigenvalue weighted by Crippen LogP contribution is 2.33. The predicted octanol–water partition coefficient (Wildman–Crippen LogP) is 0.255. The summed E-state index contributed by atoms with van der Waals surface area (Å²) in [6.07, 6.45) is 0.718. The first-order chi connectivity index (χ1) is 6.77. The van der Waals surface area contributed by atoms with Crippen LogP contribution in [0.15, 0.2) is 0 Å². The molecule has 0 bridgehead atoms. The summed E-state index contributed by atoms with van der Waals surface area (Å²) in [7, 11) is -1.29. The van der Waals surface area contributed by atoms with Gasteiger partial charge in [0.1, 0.15) is 0 Å². The average Bonchev–Trinajstić information content (AvgIpc) is 2.09. The van der Waals surface area contributed by atoms with E-state index in [-0.39, 0.29) is 17.9 Å². The van der Waals surface area contributed by atoms with Crippen molar-refractivity contribution in [3.63, 3.8) is 0 Å². The summed E-state index contributed by atoms with van der Waals surface area (Å²) in [6.45, 7) is 5.90. The lowest BCUT2D eigenvalue weighted by molar-refractivity contribution is 0.0514. The molecular weight excluding hydrogens is 195 g/mol. The van der Waals surface area contributed by atoms with E-state index in [4.69, 9.17) is 15.2 Å². The van der Waals surface area contributed by atoms with Gasteiger partial charge in [0.2, 0.25) is 0 Å². The van der Waals surface area contributed by atoms with Crippen molar-refractivity contribution >= 4 is 7.12 Å². The van der Waals surface area contributed by atoms with Crippen LogP contribution in [0, 0.1) is 11.3 Å². The van der Waals surface area contributed by atoms with Crippen LogP contribution in [0.4, 0.5) is 0 Å². The average molecular weight is 218 g/mol. The van der Waals surface area contributed by atoms with Crippen molar-refractivity contribution in [1.29, 1.82) is 0 Å². The van der Waals surface area contributed by atoms with Gasteiger partial charge in [-0.05, 0) is 24.1 Å². The van der Waals surface area contributed by atoms with Crippen molar-refractivity contribution < 1.29 is 20.3 Å². The molecule has 90 valence electrons. The van der Waals surface area contributed by atoms with E-state index in [1.807, 2.05) is 20.8 Å². The first kappa shape index (κ1) is 14.9. The maximum absolute atomic E-state index is 9.38. The maximum Gasteiger partial charge on any atom is 0.451 e. The Kier molecular flexibility index (Phi) is 6.44. The van der Waals surface area contributed by atoms with Gasteiger partial charge < -0.3 is 20.3 Å². The SMILES string of the molecule is CC(C)(C)C(CCB(O)O)CC(O)CO. The van der Waals surface area contributed by atoms with E-state index in [0.717, 1.165) is 0 Å². The van der Waals surface area contributed by atoms with Gasteiger partial charge >= 0.3 is 7.12 Å². The molecule has 0 aromatic carbocycles. The van der Waals surface area contributed by atoms with Gasteiger partial charge in [-0.15, -0.1) is 0 Å². The molecule has 0 aliphatic carbocycles. The Bertz CT molecular complexity index is 167. The van der Waals surface area contributed by atoms with E-state index in [1.54, 1.807) is 0 Å². The van der Waals surface area contributed by atoms with Crippen molar-refractivity contribution in [2.24, 2.45) is 11.3 Å². The van der Waals surface area contributed by atoms with Gasteiger partial charge in [-0.1, -0.05) is 27.2 Å². The third-order valence-electron chi connectivity index (χ3n) is 2.77. The summed E-state index contributed by atoms with van der Waals surface area (Å²) in [5.74, 6) is 0.168. The molecule has 4 nitrogen and oxygen atoms in total. The van der Waals surface area contributed by atoms with Crippen LogP contribution in [-0.4, -0.2) is 40.1 Å². The van der Waals surface area contributed by atoms with Gasteiger partial charge in [-0.25, -0.2) is 0 Å². The molecule has 2 atom stereocenters. The van der Waals surface area contributed by atoms with Crippen molar-refractivity contribution in [3.8, 4) is 0 Å². The summed E-state index contributed by atoms with van der Waals surface area (Å²) in [5, 5.41) is 35.8. The molecule has 5 heteroatoms. The number of aliphatic hydroxyl groups excluding tert-OH is 2. The van der Waals surface area contributed by atoms with Crippen LogP contribution >= 0.6 is 0 Å². The molecule has 0 aromatic rings. The largest absolute Gasteiger partial charge is 0.451 e. The van der Waals surface area contributed by atoms with Crippen LogP contribution in [0.1, 0.15) is 33.6 Å². The molecular formula is C10H23BO4. The first-order valence-corrected chi connectivity index (χ1v) is 5.42. The topological polar surface area (TPSA) is 80.9 Å². The molecule has 0 aromatic heterocycles. The molecule has 0 saturated carbocycles. The van der Waals surface area contributed by atoms with E-state index >= 15 is 0 Å². The third kappa shape index (κ3) is 6.90. The number of hydrogen-bond acceptors (Lipinski definition) is 4. The summed E-state index contributed by atoms with van der Waals surface area (Å²) in [5.41, 5.74) is -0.00889. The van der Waals surface area contributed by atoms with Crippen molar-refractivity contribution in [1.82, 2.24) is 0 Å². The second kappa shape index (κ2) is 6.48. The highest BCUT2D eigenvalue weighted by molar-refractivity contribution is 6.40. The fourth-order valence-corrected chi connectivity index (χ4v) is 1.66. The Morgan fingerprint density at radius 3 is 2.07 bits per heavy atom. The molecule has 0 spiro atoms. The molecule has 4 N–H and O–H groups in total. The van der Waals surface area contributed by atoms with Crippen molar-refractivity contribution in [2.45, 2.75) is 46.0 Å². The quantitative estimate of drug-likeness (QED) is 0.482. The Balaban J connectivity index is 4.20. The standard InChI is InChI=1S/C10H23BO4/c1-10(2,3)8(4-5-11(14)15)6-9(13)7-12/h8-9,12-15H,4-7H2,1-3H3. The van der Waals surface area contributed by atoms with E-state index in [0.29, 0.717) is 19.2 Å².